The molecule has 0 aliphatic heterocycles. The van der Waals surface area contributed by atoms with E-state index >= 15 is 0 Å². The second-order valence-corrected chi connectivity index (χ2v) is 6.67. The summed E-state index contributed by atoms with van der Waals surface area (Å²) in [5.74, 6) is 0. The minimum atomic E-state index is -1.71. The predicted molar refractivity (Wildman–Crippen MR) is 87.8 cm³/mol. The van der Waals surface area contributed by atoms with Crippen LogP contribution >= 0.6 is 8.60 Å². The second-order valence-electron chi connectivity index (χ2n) is 5.77. The summed E-state index contributed by atoms with van der Waals surface area (Å²) in [7, 11) is -1.71. The van der Waals surface area contributed by atoms with Gasteiger partial charge in [0.2, 0.25) is 0 Å². The van der Waals surface area contributed by atoms with Crippen LogP contribution < -0.4 is 0 Å². The van der Waals surface area contributed by atoms with Crippen LogP contribution in [-0.4, -0.2) is 17.1 Å². The highest BCUT2D eigenvalue weighted by Gasteiger charge is 2.15. The summed E-state index contributed by atoms with van der Waals surface area (Å²) < 4.78 is 11.1. The van der Waals surface area contributed by atoms with Crippen molar-refractivity contribution in [1.82, 2.24) is 0 Å². The first-order chi connectivity index (χ1) is 9.60. The standard InChI is InChI=1S/C16H35O3P/c1-5-7-9-11-13-15(3)18-20(17)19-16(4)14-12-10-8-6-2/h15-17H,5-14H2,1-4H3/t15-,16-/m0/s1. The van der Waals surface area contributed by atoms with Crippen LogP contribution in [0.1, 0.15) is 91.9 Å². The van der Waals surface area contributed by atoms with Gasteiger partial charge in [-0.25, -0.2) is 0 Å². The lowest BCUT2D eigenvalue weighted by atomic mass is 10.1. The molecule has 0 heterocycles. The molecule has 0 aliphatic carbocycles. The van der Waals surface area contributed by atoms with E-state index in [1.807, 2.05) is 13.8 Å². The third-order valence-corrected chi connectivity index (χ3v) is 4.55. The highest BCUT2D eigenvalue weighted by molar-refractivity contribution is 7.40. The van der Waals surface area contributed by atoms with Crippen LogP contribution in [0.15, 0.2) is 0 Å². The Balaban J connectivity index is 3.56. The summed E-state index contributed by atoms with van der Waals surface area (Å²) in [4.78, 5) is 9.82. The second kappa shape index (κ2) is 14.3. The number of hydrogen-bond donors (Lipinski definition) is 1. The average Bonchev–Trinajstić information content (AvgIpc) is 2.39. The first-order valence-electron chi connectivity index (χ1n) is 8.42. The van der Waals surface area contributed by atoms with Crippen molar-refractivity contribution in [2.45, 2.75) is 104 Å². The topological polar surface area (TPSA) is 38.7 Å². The maximum atomic E-state index is 9.82. The van der Waals surface area contributed by atoms with E-state index in [1.165, 1.54) is 51.4 Å². The normalized spacial score (nSPS) is 14.7. The zero-order chi connectivity index (χ0) is 15.2. The van der Waals surface area contributed by atoms with Gasteiger partial charge >= 0.3 is 8.60 Å². The molecule has 0 aromatic rings. The molecule has 0 amide bonds. The van der Waals surface area contributed by atoms with Gasteiger partial charge in [-0.3, -0.25) is 0 Å². The van der Waals surface area contributed by atoms with E-state index in [0.717, 1.165) is 12.8 Å². The van der Waals surface area contributed by atoms with E-state index in [1.54, 1.807) is 0 Å². The van der Waals surface area contributed by atoms with Gasteiger partial charge in [0, 0.05) is 0 Å². The molecule has 0 fully saturated rings. The van der Waals surface area contributed by atoms with Gasteiger partial charge in [0.25, 0.3) is 0 Å². The fourth-order valence-corrected chi connectivity index (χ4v) is 3.03. The first kappa shape index (κ1) is 20.3. The zero-order valence-electron chi connectivity index (χ0n) is 13.9. The van der Waals surface area contributed by atoms with Crippen molar-refractivity contribution in [3.63, 3.8) is 0 Å². The third kappa shape index (κ3) is 13.3. The summed E-state index contributed by atoms with van der Waals surface area (Å²) in [5.41, 5.74) is 0. The fraction of sp³-hybridized carbons (Fsp3) is 1.00. The molecule has 0 saturated carbocycles. The number of unbranched alkanes of at least 4 members (excludes halogenated alkanes) is 6. The van der Waals surface area contributed by atoms with Crippen molar-refractivity contribution in [2.75, 3.05) is 0 Å². The Morgan fingerprint density at radius 1 is 0.750 bits per heavy atom. The molecule has 20 heavy (non-hydrogen) atoms. The summed E-state index contributed by atoms with van der Waals surface area (Å²) in [6.07, 6.45) is 12.1. The van der Waals surface area contributed by atoms with Gasteiger partial charge in [-0.15, -0.1) is 0 Å². The lowest BCUT2D eigenvalue weighted by Gasteiger charge is -2.20. The van der Waals surface area contributed by atoms with Crippen molar-refractivity contribution in [3.8, 4) is 0 Å². The van der Waals surface area contributed by atoms with Crippen molar-refractivity contribution in [3.05, 3.63) is 0 Å². The third-order valence-electron chi connectivity index (χ3n) is 3.47. The van der Waals surface area contributed by atoms with Gasteiger partial charge in [-0.05, 0) is 26.7 Å². The smallest absolute Gasteiger partial charge is 0.328 e. The Kier molecular flexibility index (Phi) is 14.5. The lowest BCUT2D eigenvalue weighted by molar-refractivity contribution is 0.114. The van der Waals surface area contributed by atoms with E-state index in [0.29, 0.717) is 0 Å². The van der Waals surface area contributed by atoms with Crippen LogP contribution in [-0.2, 0) is 9.05 Å². The summed E-state index contributed by atoms with van der Waals surface area (Å²) >= 11 is 0. The monoisotopic (exact) mass is 306 g/mol. The molecule has 0 bridgehead atoms. The van der Waals surface area contributed by atoms with Gasteiger partial charge < -0.3 is 13.9 Å². The van der Waals surface area contributed by atoms with E-state index in [4.69, 9.17) is 9.05 Å². The summed E-state index contributed by atoms with van der Waals surface area (Å²) in [5, 5.41) is 0. The number of rotatable bonds is 14. The van der Waals surface area contributed by atoms with E-state index in [9.17, 15) is 4.89 Å². The SMILES string of the molecule is CCCCCC[C@H](C)OP(O)O[C@@H](C)CCCCCC. The van der Waals surface area contributed by atoms with Gasteiger partial charge in [0.1, 0.15) is 0 Å². The minimum absolute atomic E-state index is 0.0928. The molecular weight excluding hydrogens is 271 g/mol. The highest BCUT2D eigenvalue weighted by Crippen LogP contribution is 2.37. The molecule has 3 nitrogen and oxygen atoms in total. The van der Waals surface area contributed by atoms with Gasteiger partial charge in [-0.2, -0.15) is 0 Å². The predicted octanol–water partition coefficient (Wildman–Crippen LogP) is 5.96. The van der Waals surface area contributed by atoms with Crippen LogP contribution in [0.25, 0.3) is 0 Å². The van der Waals surface area contributed by atoms with Crippen molar-refractivity contribution >= 4 is 8.60 Å². The van der Waals surface area contributed by atoms with E-state index in [2.05, 4.69) is 13.8 Å². The van der Waals surface area contributed by atoms with E-state index < -0.39 is 8.60 Å². The van der Waals surface area contributed by atoms with Crippen LogP contribution in [0.3, 0.4) is 0 Å². The van der Waals surface area contributed by atoms with Crippen molar-refractivity contribution in [2.24, 2.45) is 0 Å². The minimum Gasteiger partial charge on any atom is -0.328 e. The van der Waals surface area contributed by atoms with Crippen LogP contribution in [0.2, 0.25) is 0 Å². The van der Waals surface area contributed by atoms with Crippen LogP contribution in [0.4, 0.5) is 0 Å². The largest absolute Gasteiger partial charge is 0.330 e. The van der Waals surface area contributed by atoms with Crippen molar-refractivity contribution < 1.29 is 13.9 Å². The lowest BCUT2D eigenvalue weighted by Crippen LogP contribution is -2.10. The zero-order valence-corrected chi connectivity index (χ0v) is 14.8. The Hall–Kier alpha value is 0.310. The molecule has 0 spiro atoms. The maximum absolute atomic E-state index is 9.82. The van der Waals surface area contributed by atoms with Crippen LogP contribution in [0.5, 0.6) is 0 Å². The van der Waals surface area contributed by atoms with Gasteiger partial charge in [0.05, 0.1) is 12.2 Å². The van der Waals surface area contributed by atoms with Crippen LogP contribution in [0, 0.1) is 0 Å². The molecule has 122 valence electrons. The molecular formula is C16H35O3P. The molecule has 0 aromatic carbocycles. The summed E-state index contributed by atoms with van der Waals surface area (Å²) in [6.45, 7) is 8.46. The highest BCUT2D eigenvalue weighted by atomic mass is 31.2. The Bertz CT molecular complexity index is 182. The molecule has 0 saturated heterocycles. The van der Waals surface area contributed by atoms with Gasteiger partial charge in [-0.1, -0.05) is 65.2 Å². The quantitative estimate of drug-likeness (QED) is 0.318. The average molecular weight is 306 g/mol. The maximum Gasteiger partial charge on any atom is 0.330 e. The summed E-state index contributed by atoms with van der Waals surface area (Å²) in [6, 6.07) is 0. The molecule has 0 rings (SSSR count). The van der Waals surface area contributed by atoms with Crippen molar-refractivity contribution in [1.29, 1.82) is 0 Å². The number of hydrogen-bond acceptors (Lipinski definition) is 3. The first-order valence-corrected chi connectivity index (χ1v) is 9.55. The molecule has 1 N–H and O–H groups in total. The Morgan fingerprint density at radius 3 is 1.50 bits per heavy atom. The molecule has 4 heteroatoms. The molecule has 0 radical (unpaired) electrons. The molecule has 0 aliphatic rings. The fourth-order valence-electron chi connectivity index (χ4n) is 2.16. The van der Waals surface area contributed by atoms with E-state index in [-0.39, 0.29) is 12.2 Å². The Labute approximate surface area is 127 Å². The molecule has 0 aromatic heterocycles. The Morgan fingerprint density at radius 2 is 1.15 bits per heavy atom. The van der Waals surface area contributed by atoms with Gasteiger partial charge in [0.15, 0.2) is 0 Å². The molecule has 0 unspecified atom stereocenters. The molecule has 2 atom stereocenters.